The fraction of sp³-hybridized carbons (Fsp3) is 0.567. The van der Waals surface area contributed by atoms with Crippen molar-refractivity contribution in [1.29, 1.82) is 0 Å². The molecule has 0 unspecified atom stereocenters. The first kappa shape index (κ1) is 30.5. The van der Waals surface area contributed by atoms with Crippen molar-refractivity contribution in [2.24, 2.45) is 0 Å². The minimum atomic E-state index is -3.85. The Morgan fingerprint density at radius 2 is 1.81 bits per heavy atom. The number of alkyl carbamates (subject to hydrolysis) is 1. The summed E-state index contributed by atoms with van der Waals surface area (Å²) in [6, 6.07) is 6.03. The SMILES string of the molecule is Cc1nc([C@H]2CC[C@H](NC(=O)OC(C)C)CC2)sc1-c1ccc(Nc2cnn(C3CC3)c2)cc1S(=O)(=O)NC(C)(C)C. The van der Waals surface area contributed by atoms with Crippen LogP contribution in [0.4, 0.5) is 16.2 Å². The van der Waals surface area contributed by atoms with Crippen LogP contribution in [0.2, 0.25) is 0 Å². The number of nitrogens with zero attached hydrogens (tertiary/aromatic N) is 3. The number of anilines is 2. The molecular weight excluding hydrogens is 573 g/mol. The van der Waals surface area contributed by atoms with Crippen LogP contribution < -0.4 is 15.4 Å². The third kappa shape index (κ3) is 7.51. The normalized spacial score (nSPS) is 19.6. The summed E-state index contributed by atoms with van der Waals surface area (Å²) in [7, 11) is -3.85. The van der Waals surface area contributed by atoms with Crippen molar-refractivity contribution in [2.45, 2.75) is 115 Å². The summed E-state index contributed by atoms with van der Waals surface area (Å²) in [6.07, 6.45) is 8.97. The maximum atomic E-state index is 13.7. The molecule has 3 aromatic rings. The van der Waals surface area contributed by atoms with E-state index in [4.69, 9.17) is 9.72 Å². The van der Waals surface area contributed by atoms with Crippen molar-refractivity contribution >= 4 is 38.8 Å². The largest absolute Gasteiger partial charge is 0.447 e. The predicted octanol–water partition coefficient (Wildman–Crippen LogP) is 6.63. The maximum Gasteiger partial charge on any atom is 0.407 e. The molecule has 1 aromatic carbocycles. The molecule has 0 aliphatic heterocycles. The lowest BCUT2D eigenvalue weighted by molar-refractivity contribution is 0.109. The minimum absolute atomic E-state index is 0.0877. The molecule has 2 aromatic heterocycles. The highest BCUT2D eigenvalue weighted by atomic mass is 32.2. The second-order valence-corrected chi connectivity index (χ2v) is 15.4. The minimum Gasteiger partial charge on any atom is -0.447 e. The molecule has 42 heavy (non-hydrogen) atoms. The summed E-state index contributed by atoms with van der Waals surface area (Å²) in [6.45, 7) is 11.1. The molecule has 2 heterocycles. The zero-order chi connectivity index (χ0) is 30.2. The Balaban J connectivity index is 1.39. The van der Waals surface area contributed by atoms with Crippen LogP contribution in [0.1, 0.15) is 95.8 Å². The van der Waals surface area contributed by atoms with Gasteiger partial charge in [0.2, 0.25) is 10.0 Å². The summed E-state index contributed by atoms with van der Waals surface area (Å²) in [5, 5.41) is 11.8. The van der Waals surface area contributed by atoms with E-state index in [0.29, 0.717) is 17.3 Å². The van der Waals surface area contributed by atoms with Crippen LogP contribution in [0.3, 0.4) is 0 Å². The van der Waals surface area contributed by atoms with Crippen LogP contribution >= 0.6 is 11.3 Å². The van der Waals surface area contributed by atoms with Gasteiger partial charge in [-0.15, -0.1) is 11.3 Å². The van der Waals surface area contributed by atoms with Gasteiger partial charge in [0, 0.05) is 34.9 Å². The second-order valence-electron chi connectivity index (χ2n) is 12.7. The lowest BCUT2D eigenvalue weighted by Gasteiger charge is -2.28. The molecule has 2 aliphatic rings. The molecule has 5 rings (SSSR count). The smallest absolute Gasteiger partial charge is 0.407 e. The Morgan fingerprint density at radius 1 is 1.10 bits per heavy atom. The van der Waals surface area contributed by atoms with Gasteiger partial charge in [0.15, 0.2) is 0 Å². The number of benzene rings is 1. The molecule has 2 saturated carbocycles. The van der Waals surface area contributed by atoms with E-state index in [1.54, 1.807) is 23.6 Å². The maximum absolute atomic E-state index is 13.7. The van der Waals surface area contributed by atoms with Crippen molar-refractivity contribution in [2.75, 3.05) is 5.32 Å². The third-order valence-corrected chi connectivity index (χ3v) is 10.5. The average Bonchev–Trinajstić information content (AvgIpc) is 3.51. The Morgan fingerprint density at radius 3 is 2.45 bits per heavy atom. The van der Waals surface area contributed by atoms with E-state index in [9.17, 15) is 13.2 Å². The summed E-state index contributed by atoms with van der Waals surface area (Å²) >= 11 is 1.57. The molecule has 0 bridgehead atoms. The van der Waals surface area contributed by atoms with E-state index in [2.05, 4.69) is 20.5 Å². The van der Waals surface area contributed by atoms with Gasteiger partial charge < -0.3 is 15.4 Å². The number of rotatable bonds is 9. The number of amides is 1. The average molecular weight is 615 g/mol. The van der Waals surface area contributed by atoms with E-state index in [-0.39, 0.29) is 29.1 Å². The van der Waals surface area contributed by atoms with Crippen molar-refractivity contribution < 1.29 is 17.9 Å². The zero-order valence-corrected chi connectivity index (χ0v) is 26.9. The van der Waals surface area contributed by atoms with Crippen molar-refractivity contribution in [3.05, 3.63) is 41.3 Å². The number of carbonyl (C=O) groups excluding carboxylic acids is 1. The highest BCUT2D eigenvalue weighted by Crippen LogP contribution is 2.42. The summed E-state index contributed by atoms with van der Waals surface area (Å²) < 4.78 is 37.5. The Bertz CT molecular complexity index is 1530. The van der Waals surface area contributed by atoms with Crippen LogP contribution in [-0.4, -0.2) is 47.0 Å². The van der Waals surface area contributed by atoms with E-state index in [1.807, 2.05) is 64.6 Å². The zero-order valence-electron chi connectivity index (χ0n) is 25.2. The fourth-order valence-corrected chi connectivity index (χ4v) is 8.32. The quantitative estimate of drug-likeness (QED) is 0.247. The molecule has 3 N–H and O–H groups in total. The van der Waals surface area contributed by atoms with Gasteiger partial charge in [-0.1, -0.05) is 6.07 Å². The van der Waals surface area contributed by atoms with E-state index < -0.39 is 15.6 Å². The Kier molecular flexibility index (Phi) is 8.69. The molecule has 12 heteroatoms. The molecule has 0 radical (unpaired) electrons. The van der Waals surface area contributed by atoms with Crippen molar-refractivity contribution in [3.63, 3.8) is 0 Å². The van der Waals surface area contributed by atoms with Crippen LogP contribution in [0, 0.1) is 6.92 Å². The van der Waals surface area contributed by atoms with Crippen LogP contribution in [0.15, 0.2) is 35.5 Å². The topological polar surface area (TPSA) is 127 Å². The summed E-state index contributed by atoms with van der Waals surface area (Å²) in [5.41, 5.74) is 2.30. The van der Waals surface area contributed by atoms with Gasteiger partial charge in [0.05, 0.1) is 44.5 Å². The number of aromatic nitrogens is 3. The monoisotopic (exact) mass is 614 g/mol. The van der Waals surface area contributed by atoms with Crippen molar-refractivity contribution in [3.8, 4) is 10.4 Å². The number of aryl methyl sites for hydroxylation is 1. The molecule has 0 atom stereocenters. The molecule has 2 fully saturated rings. The molecule has 2 aliphatic carbocycles. The van der Waals surface area contributed by atoms with Crippen molar-refractivity contribution in [1.82, 2.24) is 24.8 Å². The van der Waals surface area contributed by atoms with Gasteiger partial charge in [-0.2, -0.15) is 5.10 Å². The highest BCUT2D eigenvalue weighted by molar-refractivity contribution is 7.89. The molecule has 0 saturated heterocycles. The second kappa shape index (κ2) is 12.0. The van der Waals surface area contributed by atoms with Crippen LogP contribution in [0.5, 0.6) is 0 Å². The van der Waals surface area contributed by atoms with Gasteiger partial charge in [-0.3, -0.25) is 4.68 Å². The summed E-state index contributed by atoms with van der Waals surface area (Å²) in [4.78, 5) is 18.0. The van der Waals surface area contributed by atoms with Crippen LogP contribution in [0.25, 0.3) is 10.4 Å². The molecule has 0 spiro atoms. The number of hydrogen-bond acceptors (Lipinski definition) is 8. The lowest BCUT2D eigenvalue weighted by atomic mass is 9.86. The van der Waals surface area contributed by atoms with Gasteiger partial charge in [-0.25, -0.2) is 22.9 Å². The fourth-order valence-electron chi connectivity index (χ4n) is 5.32. The predicted molar refractivity (Wildman–Crippen MR) is 166 cm³/mol. The number of sulfonamides is 1. The first-order chi connectivity index (χ1) is 19.8. The molecule has 10 nitrogen and oxygen atoms in total. The first-order valence-corrected chi connectivity index (χ1v) is 17.0. The standard InChI is InChI=1S/C30H42N6O4S2/c1-18(2)40-29(37)34-21-9-7-20(8-10-21)28-32-19(3)27(41-28)25-14-11-22(15-26(25)42(38,39)35-30(4,5)6)33-23-16-31-36(17-23)24-12-13-24/h11,14-18,20-21,24,33,35H,7-10,12-13H2,1-6H3,(H,34,37)/t20-,21-. The van der Waals surface area contributed by atoms with Crippen LogP contribution in [-0.2, 0) is 14.8 Å². The van der Waals surface area contributed by atoms with Gasteiger partial charge in [0.25, 0.3) is 0 Å². The van der Waals surface area contributed by atoms with Gasteiger partial charge in [-0.05, 0) is 92.2 Å². The number of hydrogen-bond donors (Lipinski definition) is 3. The number of nitrogens with one attached hydrogen (secondary N) is 3. The molecule has 228 valence electrons. The van der Waals surface area contributed by atoms with E-state index in [0.717, 1.165) is 59.8 Å². The highest BCUT2D eigenvalue weighted by Gasteiger charge is 2.30. The summed E-state index contributed by atoms with van der Waals surface area (Å²) in [5.74, 6) is 0.262. The number of carbonyl (C=O) groups is 1. The van der Waals surface area contributed by atoms with E-state index >= 15 is 0 Å². The molecule has 1 amide bonds. The Labute approximate surface area is 252 Å². The Hall–Kier alpha value is -2.96. The third-order valence-electron chi connectivity index (χ3n) is 7.32. The first-order valence-electron chi connectivity index (χ1n) is 14.7. The van der Waals surface area contributed by atoms with Gasteiger partial charge in [0.1, 0.15) is 0 Å². The number of thiazole rings is 1. The van der Waals surface area contributed by atoms with E-state index in [1.165, 1.54) is 0 Å². The molecular formula is C30H42N6O4S2. The number of ether oxygens (including phenoxy) is 1. The lowest BCUT2D eigenvalue weighted by Crippen LogP contribution is -2.40. The van der Waals surface area contributed by atoms with Gasteiger partial charge >= 0.3 is 6.09 Å².